The minimum absolute atomic E-state index is 0.504. The number of ether oxygens (including phenoxy) is 3. The van der Waals surface area contributed by atoms with Crippen molar-refractivity contribution in [2.24, 2.45) is 5.92 Å². The molecule has 2 aliphatic carbocycles. The Morgan fingerprint density at radius 3 is 2.36 bits per heavy atom. The molecule has 0 spiro atoms. The van der Waals surface area contributed by atoms with Crippen molar-refractivity contribution in [3.63, 3.8) is 0 Å². The molecule has 0 aromatic carbocycles. The Morgan fingerprint density at radius 1 is 1.05 bits per heavy atom. The second-order valence-electron chi connectivity index (χ2n) is 6.13. The van der Waals surface area contributed by atoms with Crippen LogP contribution in [0.5, 0.6) is 5.75 Å². The van der Waals surface area contributed by atoms with Gasteiger partial charge in [-0.15, -0.1) is 0 Å². The van der Waals surface area contributed by atoms with Gasteiger partial charge in [0, 0.05) is 11.1 Å². The van der Waals surface area contributed by atoms with Crippen LogP contribution in [0.3, 0.4) is 0 Å². The van der Waals surface area contributed by atoms with E-state index in [9.17, 15) is 0 Å². The number of unbranched alkanes of at least 4 members (excludes halogenated alkanes) is 3. The molecule has 0 aromatic rings. The quantitative estimate of drug-likeness (QED) is 0.664. The highest BCUT2D eigenvalue weighted by atomic mass is 16.7. The van der Waals surface area contributed by atoms with E-state index in [1.165, 1.54) is 42.5 Å². The zero-order valence-corrected chi connectivity index (χ0v) is 14.1. The van der Waals surface area contributed by atoms with Gasteiger partial charge in [0.1, 0.15) is 12.5 Å². The van der Waals surface area contributed by atoms with Gasteiger partial charge in [-0.2, -0.15) is 0 Å². The Morgan fingerprint density at radius 2 is 1.82 bits per heavy atom. The Labute approximate surface area is 134 Å². The van der Waals surface area contributed by atoms with Gasteiger partial charge in [0.25, 0.3) is 0 Å². The summed E-state index contributed by atoms with van der Waals surface area (Å²) in [5, 5.41) is 2.68. The molecule has 0 N–H and O–H groups in total. The van der Waals surface area contributed by atoms with Gasteiger partial charge in [-0.05, 0) is 24.1 Å². The van der Waals surface area contributed by atoms with Gasteiger partial charge in [0.05, 0.1) is 19.8 Å². The van der Waals surface area contributed by atoms with Crippen LogP contribution in [0.15, 0.2) is 18.2 Å². The summed E-state index contributed by atoms with van der Waals surface area (Å²) in [6.45, 7) is 7.59. The predicted molar refractivity (Wildman–Crippen MR) is 88.9 cm³/mol. The molecule has 0 amide bonds. The molecule has 124 valence electrons. The molecular formula is C19H30O3. The molecule has 3 aliphatic rings. The first-order valence-electron chi connectivity index (χ1n) is 8.77. The Hall–Kier alpha value is -1.06. The summed E-state index contributed by atoms with van der Waals surface area (Å²) in [4.78, 5) is 0. The van der Waals surface area contributed by atoms with Crippen molar-refractivity contribution < 1.29 is 14.2 Å². The van der Waals surface area contributed by atoms with Crippen LogP contribution in [0.2, 0.25) is 0 Å². The molecule has 0 bridgehead atoms. The minimum atomic E-state index is 0.504. The van der Waals surface area contributed by atoms with E-state index in [0.29, 0.717) is 12.7 Å². The Kier molecular flexibility index (Phi) is 7.75. The average molecular weight is 306 g/mol. The second-order valence-corrected chi connectivity index (χ2v) is 6.13. The maximum absolute atomic E-state index is 5.50. The largest absolute Gasteiger partial charge is 0.493 e. The van der Waals surface area contributed by atoms with Crippen molar-refractivity contribution in [3.8, 4) is 5.75 Å². The standard InChI is InChI=1S/C10H12O.C9H18O2/c1-2-3-6-11-10-7-8-4-5-9(8)10;1-2-3-4-5-9-6-10-8-11-7-9/h4-5,7H,2-3,6H2,1H3;9H,2-8H2,1H3. The third-order valence-corrected chi connectivity index (χ3v) is 4.14. The first-order chi connectivity index (χ1) is 10.8. The summed E-state index contributed by atoms with van der Waals surface area (Å²) < 4.78 is 15.9. The molecule has 1 heterocycles. The molecule has 1 fully saturated rings. The summed E-state index contributed by atoms with van der Waals surface area (Å²) >= 11 is 0. The van der Waals surface area contributed by atoms with Crippen molar-refractivity contribution >= 4 is 0 Å². The topological polar surface area (TPSA) is 27.7 Å². The summed E-state index contributed by atoms with van der Waals surface area (Å²) in [5.41, 5.74) is 0. The van der Waals surface area contributed by atoms with E-state index in [4.69, 9.17) is 14.2 Å². The lowest BCUT2D eigenvalue weighted by Crippen LogP contribution is -2.23. The summed E-state index contributed by atoms with van der Waals surface area (Å²) in [7, 11) is 0. The van der Waals surface area contributed by atoms with Crippen LogP contribution in [-0.4, -0.2) is 26.6 Å². The van der Waals surface area contributed by atoms with Crippen molar-refractivity contribution in [3.05, 3.63) is 28.6 Å². The molecule has 1 saturated heterocycles. The zero-order chi connectivity index (χ0) is 15.6. The molecule has 0 saturated carbocycles. The summed E-state index contributed by atoms with van der Waals surface area (Å²) in [5.74, 6) is 1.76. The number of hydrogen-bond acceptors (Lipinski definition) is 3. The van der Waals surface area contributed by atoms with Gasteiger partial charge in [0.15, 0.2) is 0 Å². The maximum Gasteiger partial charge on any atom is 0.146 e. The van der Waals surface area contributed by atoms with E-state index >= 15 is 0 Å². The molecule has 0 aromatic heterocycles. The lowest BCUT2D eigenvalue weighted by atomic mass is 10.0. The maximum atomic E-state index is 5.50. The van der Waals surface area contributed by atoms with Crippen LogP contribution in [-0.2, 0) is 9.47 Å². The van der Waals surface area contributed by atoms with E-state index in [1.54, 1.807) is 0 Å². The fourth-order valence-electron chi connectivity index (χ4n) is 2.59. The molecular weight excluding hydrogens is 276 g/mol. The summed E-state index contributed by atoms with van der Waals surface area (Å²) in [6.07, 6.45) is 7.60. The lowest BCUT2D eigenvalue weighted by molar-refractivity contribution is -0.127. The van der Waals surface area contributed by atoms with Gasteiger partial charge >= 0.3 is 0 Å². The van der Waals surface area contributed by atoms with Crippen LogP contribution in [0.1, 0.15) is 52.4 Å². The van der Waals surface area contributed by atoms with Gasteiger partial charge < -0.3 is 14.2 Å². The highest BCUT2D eigenvalue weighted by molar-refractivity contribution is 5.38. The second kappa shape index (κ2) is 9.86. The van der Waals surface area contributed by atoms with Gasteiger partial charge in [0.2, 0.25) is 0 Å². The van der Waals surface area contributed by atoms with E-state index in [-0.39, 0.29) is 0 Å². The van der Waals surface area contributed by atoms with Crippen LogP contribution >= 0.6 is 0 Å². The number of rotatable bonds is 8. The molecule has 0 atom stereocenters. The molecule has 0 unspecified atom stereocenters. The van der Waals surface area contributed by atoms with Crippen molar-refractivity contribution in [1.29, 1.82) is 0 Å². The van der Waals surface area contributed by atoms with Crippen molar-refractivity contribution in [2.45, 2.75) is 52.4 Å². The van der Waals surface area contributed by atoms with E-state index in [1.807, 2.05) is 0 Å². The molecule has 1 aliphatic heterocycles. The average Bonchev–Trinajstić information content (AvgIpc) is 2.53. The fourth-order valence-corrected chi connectivity index (χ4v) is 2.59. The van der Waals surface area contributed by atoms with Gasteiger partial charge in [-0.1, -0.05) is 51.7 Å². The van der Waals surface area contributed by atoms with E-state index in [2.05, 4.69) is 32.0 Å². The van der Waals surface area contributed by atoms with Gasteiger partial charge in [-0.3, -0.25) is 0 Å². The molecule has 3 rings (SSSR count). The molecule has 3 nitrogen and oxygen atoms in total. The van der Waals surface area contributed by atoms with Crippen molar-refractivity contribution in [2.75, 3.05) is 26.6 Å². The zero-order valence-electron chi connectivity index (χ0n) is 14.1. The summed E-state index contributed by atoms with van der Waals surface area (Å²) in [6, 6.07) is 6.32. The van der Waals surface area contributed by atoms with Crippen LogP contribution in [0.25, 0.3) is 0 Å². The third-order valence-electron chi connectivity index (χ3n) is 4.14. The third kappa shape index (κ3) is 5.29. The SMILES string of the molecule is CCCCCC1COCOC1.CCCCOc1cc2ccc1=2. The van der Waals surface area contributed by atoms with Gasteiger partial charge in [-0.25, -0.2) is 0 Å². The Bertz CT molecular complexity index is 506. The van der Waals surface area contributed by atoms with Crippen LogP contribution in [0.4, 0.5) is 0 Å². The first kappa shape index (κ1) is 17.3. The number of benzene rings is 1. The Balaban J connectivity index is 0.000000160. The molecule has 22 heavy (non-hydrogen) atoms. The highest BCUT2D eigenvalue weighted by Gasteiger charge is 2.12. The predicted octanol–water partition coefficient (Wildman–Crippen LogP) is 4.65. The minimum Gasteiger partial charge on any atom is -0.493 e. The monoisotopic (exact) mass is 306 g/mol. The van der Waals surface area contributed by atoms with Crippen LogP contribution in [0, 0.1) is 16.4 Å². The molecule has 3 heteroatoms. The highest BCUT2D eigenvalue weighted by Crippen LogP contribution is 2.23. The fraction of sp³-hybridized carbons (Fsp3) is 0.684. The smallest absolute Gasteiger partial charge is 0.146 e. The first-order valence-corrected chi connectivity index (χ1v) is 8.77. The van der Waals surface area contributed by atoms with Crippen molar-refractivity contribution in [1.82, 2.24) is 0 Å². The number of hydrogen-bond donors (Lipinski definition) is 0. The normalized spacial score (nSPS) is 15.9. The van der Waals surface area contributed by atoms with E-state index < -0.39 is 0 Å². The lowest BCUT2D eigenvalue weighted by Gasteiger charge is -2.21. The molecule has 0 radical (unpaired) electrons. The van der Waals surface area contributed by atoms with Crippen LogP contribution < -0.4 is 4.74 Å². The van der Waals surface area contributed by atoms with E-state index in [0.717, 1.165) is 32.0 Å².